The fourth-order valence-corrected chi connectivity index (χ4v) is 6.26. The Hall–Kier alpha value is -3.00. The summed E-state index contributed by atoms with van der Waals surface area (Å²) in [6.07, 6.45) is 2.19. The van der Waals surface area contributed by atoms with Gasteiger partial charge in [0.15, 0.2) is 0 Å². The topological polar surface area (TPSA) is 43.5 Å². The van der Waals surface area contributed by atoms with E-state index in [-0.39, 0.29) is 12.2 Å². The molecule has 0 aliphatic carbocycles. The van der Waals surface area contributed by atoms with Gasteiger partial charge in [0, 0.05) is 10.6 Å². The second-order valence-corrected chi connectivity index (χ2v) is 11.9. The molecule has 4 unspecified atom stereocenters. The molecule has 7 rings (SSSR count). The van der Waals surface area contributed by atoms with Gasteiger partial charge in [-0.2, -0.15) is 0 Å². The summed E-state index contributed by atoms with van der Waals surface area (Å²) in [6.45, 7) is 2.83. The monoisotopic (exact) mass is 566 g/mol. The zero-order chi connectivity index (χ0) is 27.1. The van der Waals surface area contributed by atoms with Crippen LogP contribution in [0.25, 0.3) is 21.5 Å². The molecule has 2 heterocycles. The summed E-state index contributed by atoms with van der Waals surface area (Å²) in [5.41, 5.74) is 5.25. The molecule has 0 saturated carbocycles. The third-order valence-corrected chi connectivity index (χ3v) is 8.62. The Labute approximate surface area is 239 Å². The van der Waals surface area contributed by atoms with Crippen LogP contribution < -0.4 is 20.1 Å². The Morgan fingerprint density at radius 3 is 1.27 bits per heavy atom. The average Bonchev–Trinajstić information content (AvgIpc) is 3.90. The van der Waals surface area contributed by atoms with E-state index in [0.717, 1.165) is 48.2 Å². The highest BCUT2D eigenvalue weighted by Crippen LogP contribution is 2.36. The molecular formula is C34H32O4P2. The standard InChI is InChI=1S/C34H32O4P2/c39-33-15-21(9-11-31(33)37-19-23-17-35-23)13-29-25-5-1-2-6-26(25)30(28-8-4-3-7-27(28)29)14-22-10-12-32(34(40)16-22)38-20-24-18-36-24/h1-12,15-16,23-24H,13-14,17-20,39-40H2. The minimum atomic E-state index is 0.247. The molecule has 0 aromatic heterocycles. The highest BCUT2D eigenvalue weighted by atomic mass is 31.0. The van der Waals surface area contributed by atoms with Crippen molar-refractivity contribution in [2.75, 3.05) is 26.4 Å². The second-order valence-electron chi connectivity index (χ2n) is 10.7. The Morgan fingerprint density at radius 1 is 0.575 bits per heavy atom. The van der Waals surface area contributed by atoms with Gasteiger partial charge < -0.3 is 18.9 Å². The summed E-state index contributed by atoms with van der Waals surface area (Å²) in [7, 11) is 5.68. The van der Waals surface area contributed by atoms with Gasteiger partial charge in [-0.25, -0.2) is 0 Å². The Bertz CT molecular complexity index is 1530. The minimum Gasteiger partial charge on any atom is -0.490 e. The maximum absolute atomic E-state index is 5.96. The number of epoxide rings is 2. The first kappa shape index (κ1) is 25.9. The van der Waals surface area contributed by atoms with Crippen LogP contribution >= 0.6 is 18.5 Å². The highest BCUT2D eigenvalue weighted by Gasteiger charge is 2.24. The summed E-state index contributed by atoms with van der Waals surface area (Å²) < 4.78 is 22.5. The van der Waals surface area contributed by atoms with E-state index >= 15 is 0 Å². The lowest BCUT2D eigenvalue weighted by Crippen LogP contribution is -2.10. The van der Waals surface area contributed by atoms with Crippen LogP contribution in [-0.4, -0.2) is 38.6 Å². The number of benzene rings is 5. The van der Waals surface area contributed by atoms with E-state index in [0.29, 0.717) is 13.2 Å². The molecule has 202 valence electrons. The summed E-state index contributed by atoms with van der Waals surface area (Å²) in [6, 6.07) is 30.7. The van der Waals surface area contributed by atoms with E-state index in [1.165, 1.54) is 43.8 Å². The van der Waals surface area contributed by atoms with Crippen molar-refractivity contribution in [3.8, 4) is 11.5 Å². The molecule has 0 spiro atoms. The average molecular weight is 567 g/mol. The fourth-order valence-electron chi connectivity index (χ4n) is 5.47. The summed E-state index contributed by atoms with van der Waals surface area (Å²) in [4.78, 5) is 0. The molecule has 0 amide bonds. The Morgan fingerprint density at radius 2 is 0.950 bits per heavy atom. The first-order chi connectivity index (χ1) is 19.6. The molecule has 2 aliphatic heterocycles. The van der Waals surface area contributed by atoms with Crippen LogP contribution in [0.15, 0.2) is 84.9 Å². The minimum absolute atomic E-state index is 0.247. The van der Waals surface area contributed by atoms with Gasteiger partial charge in [-0.3, -0.25) is 0 Å². The molecule has 2 fully saturated rings. The molecular weight excluding hydrogens is 534 g/mol. The van der Waals surface area contributed by atoms with E-state index in [4.69, 9.17) is 18.9 Å². The van der Waals surface area contributed by atoms with Gasteiger partial charge in [-0.15, -0.1) is 18.5 Å². The molecule has 0 radical (unpaired) electrons. The highest BCUT2D eigenvalue weighted by molar-refractivity contribution is 7.28. The molecule has 4 atom stereocenters. The van der Waals surface area contributed by atoms with Crippen molar-refractivity contribution in [3.63, 3.8) is 0 Å². The predicted molar refractivity (Wildman–Crippen MR) is 169 cm³/mol. The van der Waals surface area contributed by atoms with E-state index in [2.05, 4.69) is 103 Å². The lowest BCUT2D eigenvalue weighted by atomic mass is 9.86. The zero-order valence-corrected chi connectivity index (χ0v) is 24.6. The van der Waals surface area contributed by atoms with Crippen molar-refractivity contribution >= 4 is 50.6 Å². The number of ether oxygens (including phenoxy) is 4. The van der Waals surface area contributed by atoms with Crippen LogP contribution in [-0.2, 0) is 22.3 Å². The van der Waals surface area contributed by atoms with Gasteiger partial charge in [0.05, 0.1) is 13.2 Å². The van der Waals surface area contributed by atoms with Gasteiger partial charge in [-0.1, -0.05) is 60.7 Å². The van der Waals surface area contributed by atoms with Crippen molar-refractivity contribution in [1.82, 2.24) is 0 Å². The first-order valence-corrected chi connectivity index (χ1v) is 14.9. The van der Waals surface area contributed by atoms with Gasteiger partial charge in [0.25, 0.3) is 0 Å². The molecule has 4 nitrogen and oxygen atoms in total. The Kier molecular flexibility index (Phi) is 7.20. The maximum atomic E-state index is 5.96. The van der Waals surface area contributed by atoms with Gasteiger partial charge in [0.1, 0.15) is 36.9 Å². The van der Waals surface area contributed by atoms with Crippen LogP contribution in [0.2, 0.25) is 0 Å². The molecule has 2 aliphatic rings. The number of fused-ring (bicyclic) bond motifs is 2. The number of rotatable bonds is 10. The molecule has 5 aromatic carbocycles. The molecule has 6 heteroatoms. The van der Waals surface area contributed by atoms with Crippen molar-refractivity contribution in [3.05, 3.63) is 107 Å². The fraction of sp³-hybridized carbons (Fsp3) is 0.235. The lowest BCUT2D eigenvalue weighted by Gasteiger charge is -2.18. The molecule has 0 bridgehead atoms. The predicted octanol–water partition coefficient (Wildman–Crippen LogP) is 5.73. The summed E-state index contributed by atoms with van der Waals surface area (Å²) >= 11 is 0. The first-order valence-electron chi connectivity index (χ1n) is 13.8. The molecule has 2 saturated heterocycles. The van der Waals surface area contributed by atoms with Crippen molar-refractivity contribution in [1.29, 1.82) is 0 Å². The van der Waals surface area contributed by atoms with E-state index in [9.17, 15) is 0 Å². The van der Waals surface area contributed by atoms with E-state index in [1.54, 1.807) is 0 Å². The van der Waals surface area contributed by atoms with E-state index < -0.39 is 0 Å². The zero-order valence-electron chi connectivity index (χ0n) is 22.3. The third kappa shape index (κ3) is 5.60. The van der Waals surface area contributed by atoms with Gasteiger partial charge in [0.2, 0.25) is 0 Å². The molecule has 0 N–H and O–H groups in total. The van der Waals surface area contributed by atoms with Crippen LogP contribution in [0.1, 0.15) is 22.3 Å². The van der Waals surface area contributed by atoms with Crippen LogP contribution in [0, 0.1) is 0 Å². The van der Waals surface area contributed by atoms with Crippen LogP contribution in [0.3, 0.4) is 0 Å². The summed E-state index contributed by atoms with van der Waals surface area (Å²) in [5.74, 6) is 1.81. The molecule has 5 aromatic rings. The quantitative estimate of drug-likeness (QED) is 0.123. The van der Waals surface area contributed by atoms with Crippen molar-refractivity contribution in [2.24, 2.45) is 0 Å². The SMILES string of the molecule is Pc1cc(Cc2c3ccccc3c(Cc3ccc(OCC4CO4)c(P)c3)c3ccccc23)ccc1OCC1CO1. The second kappa shape index (κ2) is 11.1. The number of hydrogen-bond acceptors (Lipinski definition) is 4. The van der Waals surface area contributed by atoms with Crippen molar-refractivity contribution < 1.29 is 18.9 Å². The third-order valence-electron chi connectivity index (χ3n) is 7.72. The molecule has 40 heavy (non-hydrogen) atoms. The van der Waals surface area contributed by atoms with Crippen molar-refractivity contribution in [2.45, 2.75) is 25.0 Å². The summed E-state index contributed by atoms with van der Waals surface area (Å²) in [5, 5.41) is 7.39. The van der Waals surface area contributed by atoms with Crippen LogP contribution in [0.4, 0.5) is 0 Å². The number of hydrogen-bond donors (Lipinski definition) is 0. The largest absolute Gasteiger partial charge is 0.490 e. The Balaban J connectivity index is 1.24. The lowest BCUT2D eigenvalue weighted by molar-refractivity contribution is 0.264. The van der Waals surface area contributed by atoms with Gasteiger partial charge >= 0.3 is 0 Å². The van der Waals surface area contributed by atoms with Crippen LogP contribution in [0.5, 0.6) is 11.5 Å². The smallest absolute Gasteiger partial charge is 0.126 e. The maximum Gasteiger partial charge on any atom is 0.126 e. The van der Waals surface area contributed by atoms with Gasteiger partial charge in [-0.05, 0) is 80.9 Å². The normalized spacial score (nSPS) is 17.8. The van der Waals surface area contributed by atoms with E-state index in [1.807, 2.05) is 0 Å².